The molecule has 4 aromatic rings. The molecule has 1 N–H and O–H groups in total. The molecule has 10 heteroatoms. The van der Waals surface area contributed by atoms with Gasteiger partial charge in [-0.25, -0.2) is 4.39 Å². The Morgan fingerprint density at radius 1 is 1.20 bits per heavy atom. The zero-order valence-corrected chi connectivity index (χ0v) is 26.9. The number of amides is 1. The predicted molar refractivity (Wildman–Crippen MR) is 174 cm³/mol. The molecule has 44 heavy (non-hydrogen) atoms. The number of piperazine rings is 1. The molecule has 1 fully saturated rings. The van der Waals surface area contributed by atoms with Crippen molar-refractivity contribution in [2.24, 2.45) is 0 Å². The summed E-state index contributed by atoms with van der Waals surface area (Å²) >= 11 is 3.85. The SMILES string of the molecule is C=CC(=O)N1CC2COc3c(Br)c(-c4c(C)ccnc4C(C)C)c4c(=O)n(-c5c(O)cccc5F)c(C)cc4c3N2CC1C. The van der Waals surface area contributed by atoms with Crippen molar-refractivity contribution in [3.8, 4) is 28.3 Å². The van der Waals surface area contributed by atoms with Crippen LogP contribution in [0.15, 0.2) is 58.5 Å². The normalized spacial score (nSPS) is 17.8. The Morgan fingerprint density at radius 2 is 1.95 bits per heavy atom. The number of benzene rings is 2. The van der Waals surface area contributed by atoms with Crippen molar-refractivity contribution in [2.45, 2.75) is 52.6 Å². The molecule has 0 radical (unpaired) electrons. The Hall–Kier alpha value is -4.18. The second-order valence-corrected chi connectivity index (χ2v) is 12.7. The lowest BCUT2D eigenvalue weighted by Gasteiger charge is -2.49. The highest BCUT2D eigenvalue weighted by atomic mass is 79.9. The zero-order valence-electron chi connectivity index (χ0n) is 25.3. The fourth-order valence-corrected chi connectivity index (χ4v) is 7.36. The van der Waals surface area contributed by atoms with Crippen molar-refractivity contribution >= 4 is 38.3 Å². The number of para-hydroxylation sites is 1. The fraction of sp³-hybridized carbons (Fsp3) is 0.324. The molecule has 4 heterocycles. The summed E-state index contributed by atoms with van der Waals surface area (Å²) in [5.41, 5.74) is 3.64. The molecule has 1 saturated heterocycles. The van der Waals surface area contributed by atoms with Crippen LogP contribution in [-0.2, 0) is 4.79 Å². The number of pyridine rings is 2. The molecule has 0 spiro atoms. The largest absolute Gasteiger partial charge is 0.506 e. The Labute approximate surface area is 263 Å². The van der Waals surface area contributed by atoms with E-state index in [4.69, 9.17) is 9.72 Å². The van der Waals surface area contributed by atoms with Crippen LogP contribution >= 0.6 is 15.9 Å². The lowest BCUT2D eigenvalue weighted by Crippen LogP contribution is -2.61. The first-order chi connectivity index (χ1) is 21.0. The number of ether oxygens (including phenoxy) is 1. The second-order valence-electron chi connectivity index (χ2n) is 11.9. The van der Waals surface area contributed by atoms with Crippen LogP contribution in [0.4, 0.5) is 10.1 Å². The van der Waals surface area contributed by atoms with Gasteiger partial charge in [0, 0.05) is 47.5 Å². The van der Waals surface area contributed by atoms with Crippen LogP contribution in [0.2, 0.25) is 0 Å². The number of carbonyl (C=O) groups excluding carboxylic acids is 1. The Balaban J connectivity index is 1.75. The maximum atomic E-state index is 15.3. The smallest absolute Gasteiger partial charge is 0.264 e. The van der Waals surface area contributed by atoms with Crippen LogP contribution in [0.25, 0.3) is 27.6 Å². The van der Waals surface area contributed by atoms with E-state index in [0.29, 0.717) is 51.9 Å². The van der Waals surface area contributed by atoms with Crippen molar-refractivity contribution in [3.63, 3.8) is 0 Å². The van der Waals surface area contributed by atoms with Gasteiger partial charge >= 0.3 is 0 Å². The number of carbonyl (C=O) groups is 1. The Kier molecular flexibility index (Phi) is 7.52. The summed E-state index contributed by atoms with van der Waals surface area (Å²) < 4.78 is 23.6. The Bertz CT molecular complexity index is 1900. The molecule has 2 atom stereocenters. The van der Waals surface area contributed by atoms with Crippen molar-refractivity contribution in [2.75, 3.05) is 24.6 Å². The summed E-state index contributed by atoms with van der Waals surface area (Å²) in [5.74, 6) is -0.556. The maximum Gasteiger partial charge on any atom is 0.264 e. The number of aromatic hydroxyl groups is 1. The topological polar surface area (TPSA) is 87.9 Å². The fourth-order valence-electron chi connectivity index (χ4n) is 6.67. The van der Waals surface area contributed by atoms with Crippen molar-refractivity contribution in [1.29, 1.82) is 0 Å². The van der Waals surface area contributed by atoms with Crippen LogP contribution in [0, 0.1) is 19.7 Å². The van der Waals surface area contributed by atoms with Crippen LogP contribution in [-0.4, -0.2) is 57.2 Å². The van der Waals surface area contributed by atoms with Crippen LogP contribution in [0.5, 0.6) is 11.5 Å². The molecule has 0 bridgehead atoms. The molecule has 2 aliphatic heterocycles. The second kappa shape index (κ2) is 11.1. The number of halogens is 2. The van der Waals surface area contributed by atoms with Gasteiger partial charge in [-0.05, 0) is 78.5 Å². The summed E-state index contributed by atoms with van der Waals surface area (Å²) in [6, 6.07) is 7.47. The first-order valence-electron chi connectivity index (χ1n) is 14.6. The van der Waals surface area contributed by atoms with Crippen LogP contribution in [0.1, 0.15) is 43.6 Å². The summed E-state index contributed by atoms with van der Waals surface area (Å²) in [4.78, 5) is 36.2. The van der Waals surface area contributed by atoms with Gasteiger partial charge in [-0.15, -0.1) is 0 Å². The third kappa shape index (κ3) is 4.49. The van der Waals surface area contributed by atoms with E-state index in [1.54, 1.807) is 18.0 Å². The molecule has 8 nitrogen and oxygen atoms in total. The molecule has 0 saturated carbocycles. The molecule has 228 valence electrons. The highest BCUT2D eigenvalue weighted by molar-refractivity contribution is 9.10. The van der Waals surface area contributed by atoms with E-state index in [1.165, 1.54) is 28.8 Å². The van der Waals surface area contributed by atoms with Gasteiger partial charge < -0.3 is 19.6 Å². The lowest BCUT2D eigenvalue weighted by atomic mass is 9.89. The van der Waals surface area contributed by atoms with Gasteiger partial charge in [-0.2, -0.15) is 0 Å². The van der Waals surface area contributed by atoms with Gasteiger partial charge in [0.25, 0.3) is 5.56 Å². The monoisotopic (exact) mass is 660 g/mol. The summed E-state index contributed by atoms with van der Waals surface area (Å²) in [6.45, 7) is 14.7. The first-order valence-corrected chi connectivity index (χ1v) is 15.4. The van der Waals surface area contributed by atoms with E-state index < -0.39 is 11.4 Å². The zero-order chi connectivity index (χ0) is 31.6. The van der Waals surface area contributed by atoms with Gasteiger partial charge in [-0.3, -0.25) is 19.1 Å². The van der Waals surface area contributed by atoms with E-state index in [-0.39, 0.29) is 35.3 Å². The van der Waals surface area contributed by atoms with Crippen molar-refractivity contribution in [1.82, 2.24) is 14.5 Å². The molecule has 2 unspecified atom stereocenters. The van der Waals surface area contributed by atoms with Crippen LogP contribution < -0.4 is 15.2 Å². The highest BCUT2D eigenvalue weighted by Crippen LogP contribution is 2.52. The first kappa shape index (κ1) is 29.9. The van der Waals surface area contributed by atoms with Gasteiger partial charge in [0.1, 0.15) is 18.0 Å². The summed E-state index contributed by atoms with van der Waals surface area (Å²) in [7, 11) is 0. The van der Waals surface area contributed by atoms with E-state index >= 15 is 4.39 Å². The number of hydrogen-bond donors (Lipinski definition) is 1. The average Bonchev–Trinajstić information content (AvgIpc) is 2.98. The third-order valence-electron chi connectivity index (χ3n) is 8.71. The standard InChI is InChI=1S/C34H34BrFN4O4/c1-7-25(42)38-15-21-16-44-33-29(35)28(26-18(4)11-12-37-30(26)17(2)3)27-22(31(33)39(21)14-20(38)6)13-19(5)40(34(27)43)32-23(36)9-8-10-24(32)41/h7-13,17,20-21,41H,1,14-16H2,2-6H3. The number of fused-ring (bicyclic) bond motifs is 5. The van der Waals surface area contributed by atoms with Crippen molar-refractivity contribution < 1.29 is 19.0 Å². The molecule has 1 amide bonds. The van der Waals surface area contributed by atoms with Gasteiger partial charge in [0.05, 0.1) is 27.3 Å². The predicted octanol–water partition coefficient (Wildman–Crippen LogP) is 6.38. The lowest BCUT2D eigenvalue weighted by molar-refractivity contribution is -0.129. The van der Waals surface area contributed by atoms with Crippen LogP contribution in [0.3, 0.4) is 0 Å². The molecule has 0 aliphatic carbocycles. The van der Waals surface area contributed by atoms with E-state index in [9.17, 15) is 14.7 Å². The maximum absolute atomic E-state index is 15.3. The number of phenols is 1. The molecule has 6 rings (SSSR count). The molecular weight excluding hydrogens is 627 g/mol. The number of aromatic nitrogens is 2. The van der Waals surface area contributed by atoms with Gasteiger partial charge in [-0.1, -0.05) is 26.5 Å². The molecule has 2 aliphatic rings. The highest BCUT2D eigenvalue weighted by Gasteiger charge is 2.41. The van der Waals surface area contributed by atoms with E-state index in [1.807, 2.05) is 39.8 Å². The Morgan fingerprint density at radius 3 is 2.64 bits per heavy atom. The summed E-state index contributed by atoms with van der Waals surface area (Å²) in [5, 5.41) is 11.7. The quantitative estimate of drug-likeness (QED) is 0.256. The minimum atomic E-state index is -0.714. The summed E-state index contributed by atoms with van der Waals surface area (Å²) in [6.07, 6.45) is 3.09. The number of rotatable bonds is 4. The minimum absolute atomic E-state index is 0.0350. The number of hydrogen-bond acceptors (Lipinski definition) is 6. The number of nitrogens with zero attached hydrogens (tertiary/aromatic N) is 4. The van der Waals surface area contributed by atoms with Gasteiger partial charge in [0.2, 0.25) is 5.91 Å². The number of phenolic OH excluding ortho intramolecular Hbond substituents is 1. The van der Waals surface area contributed by atoms with Gasteiger partial charge in [0.15, 0.2) is 11.6 Å². The number of anilines is 1. The molecular formula is C34H34BrFN4O4. The molecule has 2 aromatic carbocycles. The van der Waals surface area contributed by atoms with Crippen molar-refractivity contribution in [3.05, 3.63) is 86.8 Å². The number of aryl methyl sites for hydroxylation is 2. The minimum Gasteiger partial charge on any atom is -0.506 e. The third-order valence-corrected chi connectivity index (χ3v) is 9.47. The van der Waals surface area contributed by atoms with E-state index in [2.05, 4.69) is 27.4 Å². The van der Waals surface area contributed by atoms with E-state index in [0.717, 1.165) is 22.5 Å². The average molecular weight is 662 g/mol. The molecule has 2 aromatic heterocycles.